The number of pyridine rings is 1. The van der Waals surface area contributed by atoms with Gasteiger partial charge in [0.2, 0.25) is 0 Å². The number of nitrogens with two attached hydrogens (primary N) is 1. The van der Waals surface area contributed by atoms with Crippen molar-refractivity contribution in [2.24, 2.45) is 10.7 Å². The summed E-state index contributed by atoms with van der Waals surface area (Å²) in [5, 5.41) is 1.98. The summed E-state index contributed by atoms with van der Waals surface area (Å²) in [6.07, 6.45) is 9.18. The van der Waals surface area contributed by atoms with Gasteiger partial charge in [-0.1, -0.05) is 6.08 Å². The molecule has 0 aliphatic heterocycles. The number of aliphatic imine (C=N–C) groups is 1. The molecule has 130 valence electrons. The van der Waals surface area contributed by atoms with E-state index in [9.17, 15) is 4.79 Å². The van der Waals surface area contributed by atoms with Gasteiger partial charge in [-0.2, -0.15) is 0 Å². The topological polar surface area (TPSA) is 90.0 Å². The van der Waals surface area contributed by atoms with E-state index in [0.717, 1.165) is 27.6 Å². The number of hydrogen-bond acceptors (Lipinski definition) is 5. The van der Waals surface area contributed by atoms with Gasteiger partial charge < -0.3 is 5.73 Å². The fourth-order valence-corrected chi connectivity index (χ4v) is 3.67. The van der Waals surface area contributed by atoms with Gasteiger partial charge in [-0.05, 0) is 25.1 Å². The highest BCUT2D eigenvalue weighted by Crippen LogP contribution is 2.29. The molecular weight excluding hydrogens is 348 g/mol. The molecule has 8 heteroatoms. The molecule has 4 heterocycles. The number of imidazole rings is 2. The van der Waals surface area contributed by atoms with E-state index in [1.54, 1.807) is 22.8 Å². The number of carbonyl (C=O) groups excluding carboxylic acids is 1. The maximum absolute atomic E-state index is 11.7. The summed E-state index contributed by atoms with van der Waals surface area (Å²) in [6, 6.07) is 3.82. The minimum atomic E-state index is -0.520. The summed E-state index contributed by atoms with van der Waals surface area (Å²) in [5.74, 6) is -0.520. The Balaban J connectivity index is 2.02. The lowest BCUT2D eigenvalue weighted by Crippen LogP contribution is -2.13. The van der Waals surface area contributed by atoms with Crippen LogP contribution in [0.2, 0.25) is 0 Å². The smallest absolute Gasteiger partial charge is 0.267 e. The van der Waals surface area contributed by atoms with Crippen LogP contribution in [0.3, 0.4) is 0 Å². The van der Waals surface area contributed by atoms with Crippen LogP contribution in [-0.2, 0) is 0 Å². The molecule has 26 heavy (non-hydrogen) atoms. The molecule has 0 saturated carbocycles. The second kappa shape index (κ2) is 6.23. The Morgan fingerprint density at radius 3 is 2.92 bits per heavy atom. The predicted molar refractivity (Wildman–Crippen MR) is 103 cm³/mol. The molecule has 0 bridgehead atoms. The van der Waals surface area contributed by atoms with Crippen molar-refractivity contribution in [1.82, 2.24) is 18.8 Å². The molecule has 0 spiro atoms. The minimum Gasteiger partial charge on any atom is -0.364 e. The van der Waals surface area contributed by atoms with Crippen LogP contribution in [0, 0.1) is 0 Å². The second-order valence-corrected chi connectivity index (χ2v) is 6.50. The van der Waals surface area contributed by atoms with Crippen molar-refractivity contribution >= 4 is 33.6 Å². The number of nitrogens with zero attached hydrogens (tertiary/aromatic N) is 5. The van der Waals surface area contributed by atoms with Gasteiger partial charge in [-0.25, -0.2) is 9.97 Å². The number of allylic oxidation sites excluding steroid dienone is 2. The number of rotatable bonds is 4. The van der Waals surface area contributed by atoms with E-state index in [0.29, 0.717) is 11.3 Å². The van der Waals surface area contributed by atoms with Crippen LogP contribution in [0.4, 0.5) is 0 Å². The molecule has 4 aromatic heterocycles. The van der Waals surface area contributed by atoms with Crippen LogP contribution < -0.4 is 5.73 Å². The Kier molecular flexibility index (Phi) is 3.89. The van der Waals surface area contributed by atoms with Crippen LogP contribution in [0.5, 0.6) is 0 Å². The van der Waals surface area contributed by atoms with E-state index >= 15 is 0 Å². The highest BCUT2D eigenvalue weighted by Gasteiger charge is 2.19. The van der Waals surface area contributed by atoms with Gasteiger partial charge in [-0.15, -0.1) is 11.3 Å². The predicted octanol–water partition coefficient (Wildman–Crippen LogP) is 2.80. The molecule has 7 nitrogen and oxygen atoms in total. The largest absolute Gasteiger partial charge is 0.364 e. The number of fused-ring (bicyclic) bond motifs is 2. The van der Waals surface area contributed by atoms with E-state index in [1.807, 2.05) is 53.4 Å². The first kappa shape index (κ1) is 16.2. The molecular formula is C18H16N6OS. The highest BCUT2D eigenvalue weighted by molar-refractivity contribution is 7.15. The van der Waals surface area contributed by atoms with Crippen molar-refractivity contribution in [3.8, 4) is 11.3 Å². The molecule has 0 aliphatic carbocycles. The van der Waals surface area contributed by atoms with Gasteiger partial charge in [0.25, 0.3) is 5.91 Å². The molecule has 0 saturated heterocycles. The Hall–Kier alpha value is -3.26. The van der Waals surface area contributed by atoms with E-state index in [4.69, 9.17) is 10.7 Å². The number of primary amides is 1. The first-order chi connectivity index (χ1) is 12.6. The molecule has 2 N–H and O–H groups in total. The van der Waals surface area contributed by atoms with Crippen molar-refractivity contribution in [1.29, 1.82) is 0 Å². The zero-order valence-corrected chi connectivity index (χ0v) is 15.1. The molecule has 0 fully saturated rings. The van der Waals surface area contributed by atoms with Gasteiger partial charge in [0.05, 0.1) is 17.6 Å². The summed E-state index contributed by atoms with van der Waals surface area (Å²) >= 11 is 1.56. The second-order valence-electron chi connectivity index (χ2n) is 5.63. The van der Waals surface area contributed by atoms with Gasteiger partial charge in [0.15, 0.2) is 4.96 Å². The van der Waals surface area contributed by atoms with Crippen molar-refractivity contribution in [3.63, 3.8) is 0 Å². The minimum absolute atomic E-state index is 0.340. The third-order valence-electron chi connectivity index (χ3n) is 4.10. The van der Waals surface area contributed by atoms with Crippen LogP contribution >= 0.6 is 11.3 Å². The quantitative estimate of drug-likeness (QED) is 0.565. The molecule has 1 amide bonds. The van der Waals surface area contributed by atoms with E-state index in [-0.39, 0.29) is 0 Å². The SMILES string of the molecule is C/C=C\C(=N/C)c1nc2sccn2c1-c1ccc2ncc(C(N)=O)n2c1. The van der Waals surface area contributed by atoms with Crippen LogP contribution in [0.15, 0.2) is 53.2 Å². The van der Waals surface area contributed by atoms with Gasteiger partial charge >= 0.3 is 0 Å². The maximum atomic E-state index is 11.7. The first-order valence-corrected chi connectivity index (χ1v) is 8.84. The molecule has 0 aliphatic rings. The lowest BCUT2D eigenvalue weighted by atomic mass is 10.1. The molecule has 0 unspecified atom stereocenters. The number of thiazole rings is 1. The average molecular weight is 364 g/mol. The molecule has 4 rings (SSSR count). The normalized spacial score (nSPS) is 12.6. The summed E-state index contributed by atoms with van der Waals surface area (Å²) in [7, 11) is 1.75. The van der Waals surface area contributed by atoms with Crippen molar-refractivity contribution in [2.45, 2.75) is 6.92 Å². The molecule has 0 aromatic carbocycles. The van der Waals surface area contributed by atoms with Gasteiger partial charge in [0.1, 0.15) is 17.0 Å². The van der Waals surface area contributed by atoms with Crippen LogP contribution in [0.1, 0.15) is 23.1 Å². The van der Waals surface area contributed by atoms with Crippen LogP contribution in [0.25, 0.3) is 21.9 Å². The van der Waals surface area contributed by atoms with Crippen molar-refractivity contribution in [3.05, 3.63) is 59.6 Å². The maximum Gasteiger partial charge on any atom is 0.267 e. The lowest BCUT2D eigenvalue weighted by molar-refractivity contribution is 0.0995. The third kappa shape index (κ3) is 2.42. The summed E-state index contributed by atoms with van der Waals surface area (Å²) in [5.41, 5.74) is 9.84. The van der Waals surface area contributed by atoms with E-state index in [2.05, 4.69) is 9.98 Å². The Labute approximate surface area is 153 Å². The first-order valence-electron chi connectivity index (χ1n) is 7.96. The number of carbonyl (C=O) groups is 1. The average Bonchev–Trinajstić information content (AvgIpc) is 3.32. The Bertz CT molecular complexity index is 1190. The number of aromatic nitrogens is 4. The van der Waals surface area contributed by atoms with E-state index in [1.165, 1.54) is 6.20 Å². The summed E-state index contributed by atoms with van der Waals surface area (Å²) < 4.78 is 3.72. The van der Waals surface area contributed by atoms with Crippen LogP contribution in [-0.4, -0.2) is 37.4 Å². The summed E-state index contributed by atoms with van der Waals surface area (Å²) in [4.78, 5) is 25.9. The monoisotopic (exact) mass is 364 g/mol. The van der Waals surface area contributed by atoms with Gasteiger partial charge in [-0.3, -0.25) is 18.6 Å². The molecule has 4 aromatic rings. The van der Waals surface area contributed by atoms with Gasteiger partial charge in [0, 0.05) is 30.4 Å². The van der Waals surface area contributed by atoms with Crippen molar-refractivity contribution < 1.29 is 4.79 Å². The fraction of sp³-hybridized carbons (Fsp3) is 0.111. The number of amides is 1. The highest BCUT2D eigenvalue weighted by atomic mass is 32.1. The Morgan fingerprint density at radius 2 is 2.19 bits per heavy atom. The van der Waals surface area contributed by atoms with E-state index < -0.39 is 5.91 Å². The fourth-order valence-electron chi connectivity index (χ4n) is 2.96. The Morgan fingerprint density at radius 1 is 1.35 bits per heavy atom. The number of hydrogen-bond donors (Lipinski definition) is 1. The zero-order valence-electron chi connectivity index (χ0n) is 14.2. The third-order valence-corrected chi connectivity index (χ3v) is 4.86. The standard InChI is InChI=1S/C18H16N6OS/c1-3-4-12(20-2)15-16(23-7-8-26-18(23)22-15)11-5-6-14-21-9-13(17(19)25)24(14)10-11/h3-10H,1-2H3,(H2,19,25)/b4-3-,20-12+. The molecule has 0 atom stereocenters. The lowest BCUT2D eigenvalue weighted by Gasteiger charge is -2.06. The summed E-state index contributed by atoms with van der Waals surface area (Å²) in [6.45, 7) is 1.94. The molecule has 0 radical (unpaired) electrons. The zero-order chi connectivity index (χ0) is 18.3. The van der Waals surface area contributed by atoms with Crippen molar-refractivity contribution in [2.75, 3.05) is 7.05 Å².